The van der Waals surface area contributed by atoms with Gasteiger partial charge >= 0.3 is 0 Å². The van der Waals surface area contributed by atoms with Crippen LogP contribution < -0.4 is 5.32 Å². The van der Waals surface area contributed by atoms with Crippen molar-refractivity contribution in [2.24, 2.45) is 10.8 Å². The second kappa shape index (κ2) is 4.28. The van der Waals surface area contributed by atoms with Gasteiger partial charge in [0.1, 0.15) is 0 Å². The molecule has 3 heteroatoms. The van der Waals surface area contributed by atoms with Crippen LogP contribution in [-0.4, -0.2) is 48.8 Å². The lowest BCUT2D eigenvalue weighted by atomic mass is 9.79. The molecule has 2 aliphatic rings. The molecule has 2 atom stereocenters. The molecule has 0 spiro atoms. The van der Waals surface area contributed by atoms with Gasteiger partial charge < -0.3 is 15.3 Å². The maximum Gasteiger partial charge on any atom is 0.0615 e. The Morgan fingerprint density at radius 3 is 2.69 bits per heavy atom. The average molecular weight is 226 g/mol. The summed E-state index contributed by atoms with van der Waals surface area (Å²) in [6.07, 6.45) is 2.08. The number of nitrogens with zero attached hydrogens (tertiary/aromatic N) is 1. The molecule has 0 aliphatic carbocycles. The lowest BCUT2D eigenvalue weighted by Crippen LogP contribution is -2.51. The van der Waals surface area contributed by atoms with E-state index in [0.29, 0.717) is 5.41 Å². The normalized spacial score (nSPS) is 40.1. The number of aliphatic hydroxyl groups is 1. The van der Waals surface area contributed by atoms with E-state index in [-0.39, 0.29) is 11.5 Å². The molecule has 2 N–H and O–H groups in total. The van der Waals surface area contributed by atoms with Gasteiger partial charge in [-0.25, -0.2) is 0 Å². The van der Waals surface area contributed by atoms with E-state index in [1.807, 2.05) is 0 Å². The maximum atomic E-state index is 9.94. The van der Waals surface area contributed by atoms with Crippen LogP contribution in [0.3, 0.4) is 0 Å². The first-order valence-electron chi connectivity index (χ1n) is 6.53. The molecule has 2 rings (SSSR count). The van der Waals surface area contributed by atoms with Gasteiger partial charge in [-0.2, -0.15) is 0 Å². The molecule has 0 saturated carbocycles. The Kier molecular flexibility index (Phi) is 3.30. The molecular formula is C13H26N2O. The molecule has 2 unspecified atom stereocenters. The molecule has 0 radical (unpaired) electrons. The lowest BCUT2D eigenvalue weighted by Gasteiger charge is -2.44. The Hall–Kier alpha value is -0.120. The largest absolute Gasteiger partial charge is 0.392 e. The highest BCUT2D eigenvalue weighted by Gasteiger charge is 2.38. The van der Waals surface area contributed by atoms with Crippen LogP contribution in [0.25, 0.3) is 0 Å². The lowest BCUT2D eigenvalue weighted by molar-refractivity contribution is -0.0337. The van der Waals surface area contributed by atoms with Crippen molar-refractivity contribution < 1.29 is 5.11 Å². The second-order valence-corrected chi connectivity index (χ2v) is 6.74. The van der Waals surface area contributed by atoms with Crippen molar-refractivity contribution >= 4 is 0 Å². The summed E-state index contributed by atoms with van der Waals surface area (Å²) < 4.78 is 0. The van der Waals surface area contributed by atoms with Gasteiger partial charge in [-0.1, -0.05) is 20.8 Å². The first kappa shape index (κ1) is 12.3. The van der Waals surface area contributed by atoms with Gasteiger partial charge in [-0.05, 0) is 24.8 Å². The zero-order valence-corrected chi connectivity index (χ0v) is 10.9. The number of hydrogen-bond donors (Lipinski definition) is 2. The fourth-order valence-corrected chi connectivity index (χ4v) is 3.13. The first-order chi connectivity index (χ1) is 7.41. The molecule has 2 saturated heterocycles. The molecule has 2 aliphatic heterocycles. The molecule has 2 fully saturated rings. The van der Waals surface area contributed by atoms with E-state index in [1.165, 1.54) is 13.0 Å². The number of nitrogens with one attached hydrogen (secondary N) is 1. The second-order valence-electron chi connectivity index (χ2n) is 6.74. The monoisotopic (exact) mass is 226 g/mol. The predicted molar refractivity (Wildman–Crippen MR) is 66.4 cm³/mol. The molecular weight excluding hydrogens is 200 g/mol. The van der Waals surface area contributed by atoms with Gasteiger partial charge in [-0.3, -0.25) is 0 Å². The van der Waals surface area contributed by atoms with Crippen LogP contribution in [0.1, 0.15) is 33.6 Å². The average Bonchev–Trinajstić information content (AvgIpc) is 2.58. The Morgan fingerprint density at radius 1 is 1.38 bits per heavy atom. The number of rotatable bonds is 2. The van der Waals surface area contributed by atoms with Crippen molar-refractivity contribution in [2.45, 2.75) is 39.7 Å². The predicted octanol–water partition coefficient (Wildman–Crippen LogP) is 1.08. The fraction of sp³-hybridized carbons (Fsp3) is 1.00. The molecule has 0 bridgehead atoms. The summed E-state index contributed by atoms with van der Waals surface area (Å²) in [5.41, 5.74) is 0.499. The smallest absolute Gasteiger partial charge is 0.0615 e. The standard InChI is InChI=1S/C13H26N2O/c1-12(2)9-15(7-4-11(12)16)10-13(3)5-6-14-8-13/h11,14,16H,4-10H2,1-3H3. The third kappa shape index (κ3) is 2.58. The topological polar surface area (TPSA) is 35.5 Å². The fourth-order valence-electron chi connectivity index (χ4n) is 3.13. The van der Waals surface area contributed by atoms with Crippen LogP contribution in [0, 0.1) is 10.8 Å². The number of aliphatic hydroxyl groups excluding tert-OH is 1. The van der Waals surface area contributed by atoms with Crippen molar-refractivity contribution in [3.05, 3.63) is 0 Å². The molecule has 3 nitrogen and oxygen atoms in total. The van der Waals surface area contributed by atoms with Crippen molar-refractivity contribution in [1.82, 2.24) is 10.2 Å². The molecule has 0 aromatic carbocycles. The Bertz CT molecular complexity index is 246. The molecule has 2 heterocycles. The SMILES string of the molecule is CC1(CN2CCC(O)C(C)(C)C2)CCNC1. The summed E-state index contributed by atoms with van der Waals surface area (Å²) in [5.74, 6) is 0. The zero-order valence-electron chi connectivity index (χ0n) is 10.9. The van der Waals surface area contributed by atoms with Gasteiger partial charge in [0.2, 0.25) is 0 Å². The van der Waals surface area contributed by atoms with E-state index in [1.54, 1.807) is 0 Å². The van der Waals surface area contributed by atoms with Crippen molar-refractivity contribution in [2.75, 3.05) is 32.7 Å². The van der Waals surface area contributed by atoms with Gasteiger partial charge in [0.05, 0.1) is 6.10 Å². The summed E-state index contributed by atoms with van der Waals surface area (Å²) in [7, 11) is 0. The molecule has 0 aromatic rings. The highest BCUT2D eigenvalue weighted by molar-refractivity contribution is 4.92. The summed E-state index contributed by atoms with van der Waals surface area (Å²) in [6.45, 7) is 12.3. The first-order valence-corrected chi connectivity index (χ1v) is 6.53. The summed E-state index contributed by atoms with van der Waals surface area (Å²) >= 11 is 0. The quantitative estimate of drug-likeness (QED) is 0.739. The van der Waals surface area contributed by atoms with Crippen LogP contribution >= 0.6 is 0 Å². The maximum absolute atomic E-state index is 9.94. The van der Waals surface area contributed by atoms with Crippen LogP contribution in [-0.2, 0) is 0 Å². The van der Waals surface area contributed by atoms with Gasteiger partial charge in [0, 0.05) is 31.6 Å². The van der Waals surface area contributed by atoms with Crippen LogP contribution in [0.15, 0.2) is 0 Å². The zero-order chi connectivity index (χ0) is 11.8. The van der Waals surface area contributed by atoms with E-state index in [2.05, 4.69) is 31.0 Å². The van der Waals surface area contributed by atoms with E-state index >= 15 is 0 Å². The number of piperidine rings is 1. The van der Waals surface area contributed by atoms with Crippen LogP contribution in [0.4, 0.5) is 0 Å². The molecule has 94 valence electrons. The third-order valence-corrected chi connectivity index (χ3v) is 4.31. The minimum atomic E-state index is -0.127. The Balaban J connectivity index is 1.91. The number of likely N-dealkylation sites (tertiary alicyclic amines) is 1. The summed E-state index contributed by atoms with van der Waals surface area (Å²) in [4.78, 5) is 2.54. The third-order valence-electron chi connectivity index (χ3n) is 4.31. The van der Waals surface area contributed by atoms with Gasteiger partial charge in [0.25, 0.3) is 0 Å². The Labute approximate surface area is 99.2 Å². The van der Waals surface area contributed by atoms with Gasteiger partial charge in [0.15, 0.2) is 0 Å². The molecule has 0 amide bonds. The van der Waals surface area contributed by atoms with Crippen LogP contribution in [0.5, 0.6) is 0 Å². The highest BCUT2D eigenvalue weighted by Crippen LogP contribution is 2.32. The van der Waals surface area contributed by atoms with Crippen molar-refractivity contribution in [1.29, 1.82) is 0 Å². The minimum absolute atomic E-state index is 0.0562. The molecule has 0 aromatic heterocycles. The summed E-state index contributed by atoms with van der Waals surface area (Å²) in [5, 5.41) is 13.4. The van der Waals surface area contributed by atoms with E-state index < -0.39 is 0 Å². The summed E-state index contributed by atoms with van der Waals surface area (Å²) in [6, 6.07) is 0. The van der Waals surface area contributed by atoms with Crippen molar-refractivity contribution in [3.63, 3.8) is 0 Å². The van der Waals surface area contributed by atoms with E-state index in [4.69, 9.17) is 0 Å². The van der Waals surface area contributed by atoms with Crippen molar-refractivity contribution in [3.8, 4) is 0 Å². The Morgan fingerprint density at radius 2 is 2.12 bits per heavy atom. The van der Waals surface area contributed by atoms with Gasteiger partial charge in [-0.15, -0.1) is 0 Å². The van der Waals surface area contributed by atoms with E-state index in [9.17, 15) is 5.11 Å². The highest BCUT2D eigenvalue weighted by atomic mass is 16.3. The molecule has 16 heavy (non-hydrogen) atoms. The van der Waals surface area contributed by atoms with Crippen LogP contribution in [0.2, 0.25) is 0 Å². The number of hydrogen-bond acceptors (Lipinski definition) is 3. The minimum Gasteiger partial charge on any atom is -0.392 e. The van der Waals surface area contributed by atoms with E-state index in [0.717, 1.165) is 32.6 Å².